The van der Waals surface area contributed by atoms with Crippen LogP contribution in [0.25, 0.3) is 0 Å². The number of phosphoric ester groups is 1. The summed E-state index contributed by atoms with van der Waals surface area (Å²) in [6.45, 7) is 2.93. The second kappa shape index (κ2) is 13.8. The number of nitrogens with zero attached hydrogens (tertiary/aromatic N) is 2. The molecule has 3 rings (SSSR count). The van der Waals surface area contributed by atoms with E-state index in [1.165, 1.54) is 0 Å². The van der Waals surface area contributed by atoms with E-state index in [1.807, 2.05) is 19.1 Å². The van der Waals surface area contributed by atoms with E-state index in [-0.39, 0.29) is 47.4 Å². The largest absolute Gasteiger partial charge is 0.524 e. The van der Waals surface area contributed by atoms with E-state index in [0.717, 1.165) is 37.3 Å². The molecule has 0 spiro atoms. The van der Waals surface area contributed by atoms with Gasteiger partial charge >= 0.3 is 13.8 Å². The first kappa shape index (κ1) is 29.7. The number of rotatable bonds is 5. The summed E-state index contributed by atoms with van der Waals surface area (Å²) in [5.41, 5.74) is 0.795. The van der Waals surface area contributed by atoms with Crippen LogP contribution in [0.15, 0.2) is 35.0 Å². The van der Waals surface area contributed by atoms with E-state index in [2.05, 4.69) is 5.16 Å². The van der Waals surface area contributed by atoms with Crippen LogP contribution in [0.4, 0.5) is 0 Å². The van der Waals surface area contributed by atoms with Crippen LogP contribution in [0.1, 0.15) is 61.4 Å². The number of phosphoric acid groups is 1. The first-order valence-corrected chi connectivity index (χ1v) is 14.2. The average Bonchev–Trinajstić information content (AvgIpc) is 2.85. The number of fused-ring (bicyclic) bond motifs is 1. The number of carbonyl (C=O) groups excluding carboxylic acids is 2. The Hall–Kier alpha value is -2.85. The van der Waals surface area contributed by atoms with Crippen molar-refractivity contribution < 1.29 is 43.1 Å². The molecule has 1 aromatic rings. The molecule has 11 nitrogen and oxygen atoms in total. The standard InChI is InChI=1S/C25H32ClN2O9P/c1-17-9-5-2-3-8-12-35-25(31)23-19(24(26)20(29)15-21(23)37-38(32,33)34)14-18(13-17)27-36-16-22(30)28-10-6-4-7-11-28/h2-3,13,15,29H,4-12,14,16H2,1H3,(H2,32,33,34). The highest BCUT2D eigenvalue weighted by Gasteiger charge is 2.29. The molecule has 1 aromatic carbocycles. The minimum Gasteiger partial charge on any atom is -0.506 e. The molecule has 0 aromatic heterocycles. The fourth-order valence-electron chi connectivity index (χ4n) is 4.15. The molecule has 1 fully saturated rings. The lowest BCUT2D eigenvalue weighted by molar-refractivity contribution is -0.137. The summed E-state index contributed by atoms with van der Waals surface area (Å²) in [4.78, 5) is 51.4. The predicted molar refractivity (Wildman–Crippen MR) is 140 cm³/mol. The second-order valence-corrected chi connectivity index (χ2v) is 10.6. The molecule has 2 heterocycles. The number of amides is 1. The maximum Gasteiger partial charge on any atom is 0.524 e. The molecule has 0 saturated carbocycles. The molecule has 13 heteroatoms. The zero-order chi connectivity index (χ0) is 27.7. The molecule has 0 radical (unpaired) electrons. The number of hydrogen-bond acceptors (Lipinski definition) is 8. The molecular formula is C25H32ClN2O9P. The number of hydrogen-bond donors (Lipinski definition) is 3. The third-order valence-corrected chi connectivity index (χ3v) is 6.82. The summed E-state index contributed by atoms with van der Waals surface area (Å²) in [6.07, 6.45) is 10.1. The number of phenols is 1. The van der Waals surface area contributed by atoms with Gasteiger partial charge in [-0.1, -0.05) is 34.5 Å². The normalized spacial score (nSPS) is 18.7. The van der Waals surface area contributed by atoms with Gasteiger partial charge in [0.15, 0.2) is 6.61 Å². The summed E-state index contributed by atoms with van der Waals surface area (Å²) in [7, 11) is -5.12. The number of aromatic hydroxyl groups is 1. The van der Waals surface area contributed by atoms with Crippen molar-refractivity contribution >= 4 is 37.0 Å². The van der Waals surface area contributed by atoms with Crippen LogP contribution in [-0.4, -0.2) is 63.7 Å². The molecule has 0 unspecified atom stereocenters. The summed E-state index contributed by atoms with van der Waals surface area (Å²) < 4.78 is 21.6. The molecule has 0 bridgehead atoms. The van der Waals surface area contributed by atoms with Gasteiger partial charge in [-0.25, -0.2) is 9.36 Å². The second-order valence-electron chi connectivity index (χ2n) is 9.04. The monoisotopic (exact) mass is 570 g/mol. The predicted octanol–water partition coefficient (Wildman–Crippen LogP) is 4.29. The first-order chi connectivity index (χ1) is 18.0. The van der Waals surface area contributed by atoms with E-state index < -0.39 is 25.3 Å². The Morgan fingerprint density at radius 1 is 1.21 bits per heavy atom. The number of oxime groups is 1. The van der Waals surface area contributed by atoms with E-state index in [9.17, 15) is 29.0 Å². The number of piperidine rings is 1. The molecular weight excluding hydrogens is 539 g/mol. The highest BCUT2D eigenvalue weighted by Crippen LogP contribution is 2.45. The van der Waals surface area contributed by atoms with Crippen LogP contribution < -0.4 is 4.52 Å². The Labute approximate surface area is 225 Å². The maximum atomic E-state index is 13.0. The minimum absolute atomic E-state index is 0.000109. The molecule has 208 valence electrons. The number of halogens is 1. The number of cyclic esters (lactones) is 1. The van der Waals surface area contributed by atoms with E-state index in [1.54, 1.807) is 11.0 Å². The summed E-state index contributed by atoms with van der Waals surface area (Å²) in [6, 6.07) is 0.843. The quantitative estimate of drug-likeness (QED) is 0.203. The van der Waals surface area contributed by atoms with Crippen LogP contribution in [0.2, 0.25) is 5.02 Å². The van der Waals surface area contributed by atoms with Crippen LogP contribution in [0.5, 0.6) is 11.5 Å². The first-order valence-electron chi connectivity index (χ1n) is 12.3. The van der Waals surface area contributed by atoms with Crippen molar-refractivity contribution in [1.82, 2.24) is 4.90 Å². The number of allylic oxidation sites excluding steroid dienone is 3. The number of ether oxygens (including phenoxy) is 1. The van der Waals surface area contributed by atoms with Crippen molar-refractivity contribution in [1.29, 1.82) is 0 Å². The van der Waals surface area contributed by atoms with Gasteiger partial charge in [0.05, 0.1) is 17.3 Å². The lowest BCUT2D eigenvalue weighted by Crippen LogP contribution is -2.37. The van der Waals surface area contributed by atoms with Gasteiger partial charge in [-0.2, -0.15) is 0 Å². The summed E-state index contributed by atoms with van der Waals surface area (Å²) in [5, 5.41) is 14.3. The third kappa shape index (κ3) is 8.87. The van der Waals surface area contributed by atoms with Gasteiger partial charge in [0.1, 0.15) is 17.1 Å². The van der Waals surface area contributed by atoms with Crippen molar-refractivity contribution in [3.05, 3.63) is 46.0 Å². The molecule has 2 aliphatic rings. The van der Waals surface area contributed by atoms with E-state index in [0.29, 0.717) is 25.9 Å². The SMILES string of the molecule is CC1=CC(=NOCC(=O)N2CCCCC2)Cc2c(Cl)c(O)cc(OP(=O)(O)O)c2C(=O)OCCC=CCC1. The summed E-state index contributed by atoms with van der Waals surface area (Å²) in [5.74, 6) is -2.30. The average molecular weight is 571 g/mol. The zero-order valence-corrected chi connectivity index (χ0v) is 22.7. The van der Waals surface area contributed by atoms with Gasteiger partial charge in [-0.3, -0.25) is 14.6 Å². The van der Waals surface area contributed by atoms with Crippen LogP contribution in [0, 0.1) is 0 Å². The van der Waals surface area contributed by atoms with Gasteiger partial charge < -0.3 is 24.1 Å². The Morgan fingerprint density at radius 3 is 2.63 bits per heavy atom. The minimum atomic E-state index is -5.12. The Morgan fingerprint density at radius 2 is 1.92 bits per heavy atom. The highest BCUT2D eigenvalue weighted by molar-refractivity contribution is 7.46. The Kier molecular flexibility index (Phi) is 10.8. The third-order valence-electron chi connectivity index (χ3n) is 5.97. The number of carbonyl (C=O) groups is 2. The maximum absolute atomic E-state index is 13.0. The lowest BCUT2D eigenvalue weighted by Gasteiger charge is -2.26. The van der Waals surface area contributed by atoms with Crippen molar-refractivity contribution in [3.8, 4) is 11.5 Å². The van der Waals surface area contributed by atoms with Crippen molar-refractivity contribution in [3.63, 3.8) is 0 Å². The van der Waals surface area contributed by atoms with E-state index in [4.69, 9.17) is 25.7 Å². The Balaban J connectivity index is 2.01. The molecule has 2 aliphatic heterocycles. The van der Waals surface area contributed by atoms with Crippen molar-refractivity contribution in [2.45, 2.75) is 51.9 Å². The van der Waals surface area contributed by atoms with Crippen LogP contribution in [0.3, 0.4) is 0 Å². The van der Waals surface area contributed by atoms with Crippen molar-refractivity contribution in [2.75, 3.05) is 26.3 Å². The van der Waals surface area contributed by atoms with Gasteiger partial charge in [0.2, 0.25) is 0 Å². The smallest absolute Gasteiger partial charge is 0.506 e. The Bertz CT molecular complexity index is 1170. The molecule has 1 amide bonds. The van der Waals surface area contributed by atoms with E-state index >= 15 is 0 Å². The molecule has 0 atom stereocenters. The highest BCUT2D eigenvalue weighted by atomic mass is 35.5. The number of benzene rings is 1. The van der Waals surface area contributed by atoms with Crippen molar-refractivity contribution in [2.24, 2.45) is 5.16 Å². The van der Waals surface area contributed by atoms with Crippen LogP contribution >= 0.6 is 19.4 Å². The van der Waals surface area contributed by atoms with Crippen LogP contribution in [-0.2, 0) is 25.4 Å². The number of likely N-dealkylation sites (tertiary alicyclic amines) is 1. The lowest BCUT2D eigenvalue weighted by atomic mass is 9.98. The zero-order valence-electron chi connectivity index (χ0n) is 21.1. The molecule has 38 heavy (non-hydrogen) atoms. The van der Waals surface area contributed by atoms with Gasteiger partial charge in [0.25, 0.3) is 5.91 Å². The fraction of sp³-hybridized carbons (Fsp3) is 0.480. The molecule has 3 N–H and O–H groups in total. The fourth-order valence-corrected chi connectivity index (χ4v) is 4.77. The van der Waals surface area contributed by atoms with Gasteiger partial charge in [-0.05, 0) is 57.1 Å². The topological polar surface area (TPSA) is 155 Å². The number of phenolic OH excluding ortho intramolecular Hbond substituents is 1. The number of esters is 1. The van der Waals surface area contributed by atoms with Gasteiger partial charge in [0, 0.05) is 25.6 Å². The molecule has 0 aliphatic carbocycles. The summed E-state index contributed by atoms with van der Waals surface area (Å²) >= 11 is 6.36. The van der Waals surface area contributed by atoms with Gasteiger partial charge in [-0.15, -0.1) is 0 Å². The molecule has 1 saturated heterocycles.